The number of amides is 2. The third-order valence-corrected chi connectivity index (χ3v) is 10.6. The molecule has 8 nitrogen and oxygen atoms in total. The van der Waals surface area contributed by atoms with Gasteiger partial charge in [-0.05, 0) is 91.6 Å². The molecule has 0 radical (unpaired) electrons. The van der Waals surface area contributed by atoms with E-state index >= 15 is 0 Å². The van der Waals surface area contributed by atoms with Crippen LogP contribution in [0.1, 0.15) is 43.7 Å². The molecular formula is C37H39BrFN3O5S. The van der Waals surface area contributed by atoms with Crippen molar-refractivity contribution in [1.29, 1.82) is 0 Å². The first-order valence-electron chi connectivity index (χ1n) is 16.0. The van der Waals surface area contributed by atoms with Gasteiger partial charge in [0.25, 0.3) is 10.0 Å². The normalized spacial score (nSPS) is 13.9. The average Bonchev–Trinajstić information content (AvgIpc) is 3.59. The Kier molecular flexibility index (Phi) is 11.9. The van der Waals surface area contributed by atoms with E-state index in [2.05, 4.69) is 21.2 Å². The van der Waals surface area contributed by atoms with E-state index < -0.39 is 34.3 Å². The molecule has 1 aliphatic rings. The maximum absolute atomic E-state index is 14.6. The van der Waals surface area contributed by atoms with Gasteiger partial charge in [-0.3, -0.25) is 13.9 Å². The molecule has 1 N–H and O–H groups in total. The summed E-state index contributed by atoms with van der Waals surface area (Å²) in [6.07, 6.45) is 3.99. The van der Waals surface area contributed by atoms with E-state index in [1.165, 1.54) is 29.2 Å². The van der Waals surface area contributed by atoms with E-state index in [1.54, 1.807) is 12.1 Å². The number of benzene rings is 4. The predicted octanol–water partition coefficient (Wildman–Crippen LogP) is 6.88. The van der Waals surface area contributed by atoms with Gasteiger partial charge in [0.2, 0.25) is 11.8 Å². The minimum absolute atomic E-state index is 0.00865. The van der Waals surface area contributed by atoms with E-state index in [0.717, 1.165) is 57.7 Å². The zero-order valence-electron chi connectivity index (χ0n) is 26.7. The van der Waals surface area contributed by atoms with Crippen LogP contribution in [0.4, 0.5) is 10.1 Å². The summed E-state index contributed by atoms with van der Waals surface area (Å²) < 4.78 is 49.7. The highest BCUT2D eigenvalue weighted by Crippen LogP contribution is 2.27. The molecule has 0 heterocycles. The lowest BCUT2D eigenvalue weighted by Crippen LogP contribution is -2.54. The van der Waals surface area contributed by atoms with Crippen LogP contribution >= 0.6 is 15.9 Å². The number of hydrogen-bond acceptors (Lipinski definition) is 5. The zero-order valence-corrected chi connectivity index (χ0v) is 29.1. The number of ether oxygens (including phenoxy) is 1. The maximum Gasteiger partial charge on any atom is 0.264 e. The second-order valence-corrected chi connectivity index (χ2v) is 14.5. The summed E-state index contributed by atoms with van der Waals surface area (Å²) >= 11 is 3.50. The monoisotopic (exact) mass is 735 g/mol. The van der Waals surface area contributed by atoms with Gasteiger partial charge in [0.05, 0.1) is 17.2 Å². The van der Waals surface area contributed by atoms with E-state index in [9.17, 15) is 22.4 Å². The van der Waals surface area contributed by atoms with Gasteiger partial charge < -0.3 is 15.0 Å². The molecule has 252 valence electrons. The summed E-state index contributed by atoms with van der Waals surface area (Å²) in [6.45, 7) is 1.66. The Labute approximate surface area is 290 Å². The Balaban J connectivity index is 1.55. The lowest BCUT2D eigenvalue weighted by Gasteiger charge is -2.34. The van der Waals surface area contributed by atoms with Crippen LogP contribution in [0.5, 0.6) is 5.75 Å². The number of sulfonamides is 1. The summed E-state index contributed by atoms with van der Waals surface area (Å²) in [5.41, 5.74) is 1.72. The molecule has 4 aromatic carbocycles. The van der Waals surface area contributed by atoms with Gasteiger partial charge in [0.1, 0.15) is 24.2 Å². The number of halogens is 2. The first-order chi connectivity index (χ1) is 23.1. The van der Waals surface area contributed by atoms with Crippen LogP contribution in [0.2, 0.25) is 0 Å². The Morgan fingerprint density at radius 3 is 2.23 bits per heavy atom. The van der Waals surface area contributed by atoms with Crippen molar-refractivity contribution in [2.75, 3.05) is 17.5 Å². The molecule has 5 rings (SSSR count). The number of carbonyl (C=O) groups is 2. The van der Waals surface area contributed by atoms with Crippen LogP contribution in [0.3, 0.4) is 0 Å². The fourth-order valence-corrected chi connectivity index (χ4v) is 7.75. The third-order valence-electron chi connectivity index (χ3n) is 8.33. The fraction of sp³-hybridized carbons (Fsp3) is 0.297. The van der Waals surface area contributed by atoms with Gasteiger partial charge in [-0.15, -0.1) is 0 Å². The molecule has 48 heavy (non-hydrogen) atoms. The molecule has 1 saturated carbocycles. The van der Waals surface area contributed by atoms with Crippen molar-refractivity contribution in [2.45, 2.75) is 62.6 Å². The molecule has 1 atom stereocenters. The summed E-state index contributed by atoms with van der Waals surface area (Å²) in [6, 6.07) is 26.8. The number of hydrogen-bond donors (Lipinski definition) is 1. The summed E-state index contributed by atoms with van der Waals surface area (Å²) in [4.78, 5) is 30.1. The Hall–Kier alpha value is -4.22. The SMILES string of the molecule is CCOc1ccc(S(=O)(=O)N(CC(=O)N(Cc2cccc(Br)c2)C(Cc2ccccc2)C(=O)NC2CCCC2)c2ccc(F)cc2)cc1. The van der Waals surface area contributed by atoms with Gasteiger partial charge in [-0.25, -0.2) is 12.8 Å². The van der Waals surface area contributed by atoms with Crippen LogP contribution in [-0.2, 0) is 32.6 Å². The van der Waals surface area contributed by atoms with Gasteiger partial charge in [0, 0.05) is 23.5 Å². The highest BCUT2D eigenvalue weighted by atomic mass is 79.9. The maximum atomic E-state index is 14.6. The van der Waals surface area contributed by atoms with Crippen LogP contribution in [0.15, 0.2) is 112 Å². The van der Waals surface area contributed by atoms with Crippen LogP contribution in [0, 0.1) is 5.82 Å². The van der Waals surface area contributed by atoms with Crippen molar-refractivity contribution in [1.82, 2.24) is 10.2 Å². The van der Waals surface area contributed by atoms with Gasteiger partial charge in [-0.1, -0.05) is 71.2 Å². The third kappa shape index (κ3) is 9.02. The largest absolute Gasteiger partial charge is 0.494 e. The summed E-state index contributed by atoms with van der Waals surface area (Å²) in [5, 5.41) is 3.17. The zero-order chi connectivity index (χ0) is 34.1. The topological polar surface area (TPSA) is 96.0 Å². The van der Waals surface area contributed by atoms with Crippen LogP contribution in [-0.4, -0.2) is 50.4 Å². The summed E-state index contributed by atoms with van der Waals surface area (Å²) in [5.74, 6) is -0.933. The lowest BCUT2D eigenvalue weighted by atomic mass is 10.0. The van der Waals surface area contributed by atoms with Crippen LogP contribution < -0.4 is 14.4 Å². The number of nitrogens with zero attached hydrogens (tertiary/aromatic N) is 2. The highest BCUT2D eigenvalue weighted by molar-refractivity contribution is 9.10. The van der Waals surface area contributed by atoms with Crippen molar-refractivity contribution in [2.24, 2.45) is 0 Å². The molecule has 0 spiro atoms. The average molecular weight is 737 g/mol. The van der Waals surface area contributed by atoms with E-state index in [1.807, 2.05) is 61.5 Å². The molecular weight excluding hydrogens is 697 g/mol. The Morgan fingerprint density at radius 2 is 1.58 bits per heavy atom. The molecule has 2 amide bonds. The minimum atomic E-state index is -4.33. The highest BCUT2D eigenvalue weighted by Gasteiger charge is 2.35. The number of anilines is 1. The molecule has 1 unspecified atom stereocenters. The van der Waals surface area contributed by atoms with Crippen molar-refractivity contribution in [3.63, 3.8) is 0 Å². The second kappa shape index (κ2) is 16.3. The number of rotatable bonds is 14. The van der Waals surface area contributed by atoms with Gasteiger partial charge >= 0.3 is 0 Å². The molecule has 0 saturated heterocycles. The second-order valence-electron chi connectivity index (χ2n) is 11.7. The van der Waals surface area contributed by atoms with E-state index in [-0.39, 0.29) is 35.5 Å². The molecule has 0 bridgehead atoms. The van der Waals surface area contributed by atoms with Gasteiger partial charge in [-0.2, -0.15) is 0 Å². The van der Waals surface area contributed by atoms with Crippen molar-refractivity contribution in [3.8, 4) is 5.75 Å². The molecule has 0 aliphatic heterocycles. The Morgan fingerprint density at radius 1 is 0.917 bits per heavy atom. The molecule has 11 heteroatoms. The minimum Gasteiger partial charge on any atom is -0.494 e. The predicted molar refractivity (Wildman–Crippen MR) is 188 cm³/mol. The van der Waals surface area contributed by atoms with Gasteiger partial charge in [0.15, 0.2) is 0 Å². The smallest absolute Gasteiger partial charge is 0.264 e. The van der Waals surface area contributed by atoms with Crippen LogP contribution in [0.25, 0.3) is 0 Å². The lowest BCUT2D eigenvalue weighted by molar-refractivity contribution is -0.140. The molecule has 1 aliphatic carbocycles. The first-order valence-corrected chi connectivity index (χ1v) is 18.3. The van der Waals surface area contributed by atoms with E-state index in [4.69, 9.17) is 4.74 Å². The van der Waals surface area contributed by atoms with Crippen molar-refractivity contribution in [3.05, 3.63) is 125 Å². The van der Waals surface area contributed by atoms with Crippen molar-refractivity contribution < 1.29 is 27.1 Å². The Bertz CT molecular complexity index is 1780. The number of carbonyl (C=O) groups excluding carboxylic acids is 2. The fourth-order valence-electron chi connectivity index (χ4n) is 5.89. The first kappa shape index (κ1) is 35.1. The molecule has 1 fully saturated rings. The standard InChI is InChI=1S/C37H39BrFN3O5S/c1-2-47-33-19-21-34(22-20-33)48(45,46)42(32-17-15-30(39)16-18-32)26-36(43)41(25-28-11-8-12-29(38)23-28)35(24-27-9-4-3-5-10-27)37(44)40-31-13-6-7-14-31/h3-5,8-12,15-23,31,35H,2,6-7,13-14,24-26H2,1H3,(H,40,44). The molecule has 4 aromatic rings. The summed E-state index contributed by atoms with van der Waals surface area (Å²) in [7, 11) is -4.33. The number of nitrogens with one attached hydrogen (secondary N) is 1. The quantitative estimate of drug-likeness (QED) is 0.152. The van der Waals surface area contributed by atoms with Crippen molar-refractivity contribution >= 4 is 43.5 Å². The molecule has 0 aromatic heterocycles. The van der Waals surface area contributed by atoms with E-state index in [0.29, 0.717) is 12.4 Å².